The van der Waals surface area contributed by atoms with Crippen molar-refractivity contribution in [1.82, 2.24) is 0 Å². The van der Waals surface area contributed by atoms with Crippen molar-refractivity contribution in [2.24, 2.45) is 32.5 Å². The lowest BCUT2D eigenvalue weighted by Gasteiger charge is -2.48. The monoisotopic (exact) mass is 370 g/mol. The Balaban J connectivity index is 0. The molecule has 2 fully saturated rings. The first-order valence-electron chi connectivity index (χ1n) is 10.2. The van der Waals surface area contributed by atoms with Gasteiger partial charge in [0.05, 0.1) is 13.2 Å². The highest BCUT2D eigenvalue weighted by Crippen LogP contribution is 2.57. The Morgan fingerprint density at radius 1 is 0.538 bits per heavy atom. The predicted octanol–water partition coefficient (Wildman–Crippen LogP) is 8.62. The average Bonchev–Trinajstić information content (AvgIpc) is 3.02. The topological polar surface area (TPSA) is 9.23 Å². The highest BCUT2D eigenvalue weighted by Gasteiger charge is 2.47. The van der Waals surface area contributed by atoms with E-state index in [2.05, 4.69) is 96.9 Å². The molecule has 2 rings (SSSR count). The zero-order valence-electron chi connectivity index (χ0n) is 20.2. The van der Waals surface area contributed by atoms with Gasteiger partial charge in [-0.2, -0.15) is 0 Å². The van der Waals surface area contributed by atoms with Gasteiger partial charge in [-0.1, -0.05) is 104 Å². The average molecular weight is 371 g/mol. The first-order valence-corrected chi connectivity index (χ1v) is 10.2. The quantitative estimate of drug-likeness (QED) is 0.414. The summed E-state index contributed by atoms with van der Waals surface area (Å²) < 4.78 is 5.16. The second-order valence-corrected chi connectivity index (χ2v) is 13.1. The van der Waals surface area contributed by atoms with Gasteiger partial charge in [0.25, 0.3) is 0 Å². The Bertz CT molecular complexity index is 362. The summed E-state index contributed by atoms with van der Waals surface area (Å²) in [6.45, 7) is 34.0. The van der Waals surface area contributed by atoms with Gasteiger partial charge in [-0.15, -0.1) is 0 Å². The van der Waals surface area contributed by atoms with Gasteiger partial charge in [0, 0.05) is 5.41 Å². The number of ether oxygens (including phenoxy) is 1. The molecule has 1 saturated heterocycles. The molecule has 0 atom stereocenters. The molecule has 1 saturated carbocycles. The van der Waals surface area contributed by atoms with Crippen LogP contribution in [0, 0.1) is 32.5 Å². The van der Waals surface area contributed by atoms with Gasteiger partial charge in [-0.05, 0) is 39.9 Å². The molecule has 1 aliphatic heterocycles. The Labute approximate surface area is 168 Å². The van der Waals surface area contributed by atoms with E-state index >= 15 is 0 Å². The van der Waals surface area contributed by atoms with E-state index in [1.807, 2.05) is 0 Å². The molecule has 1 aliphatic carbocycles. The van der Waals surface area contributed by atoms with E-state index in [1.54, 1.807) is 0 Å². The summed E-state index contributed by atoms with van der Waals surface area (Å²) in [4.78, 5) is 0. The molecule has 0 radical (unpaired) electrons. The molecule has 0 amide bonds. The van der Waals surface area contributed by atoms with E-state index in [9.17, 15) is 0 Å². The Morgan fingerprint density at radius 2 is 0.808 bits per heavy atom. The molecule has 1 heterocycles. The number of hydrogen-bond donors (Lipinski definition) is 0. The lowest BCUT2D eigenvalue weighted by molar-refractivity contribution is -0.158. The summed E-state index contributed by atoms with van der Waals surface area (Å²) in [6.07, 6.45) is 2.88. The zero-order chi connectivity index (χ0) is 20.5. The largest absolute Gasteiger partial charge is 0.380 e. The second-order valence-electron chi connectivity index (χ2n) is 13.1. The van der Waals surface area contributed by atoms with E-state index in [0.717, 1.165) is 13.2 Å². The summed E-state index contributed by atoms with van der Waals surface area (Å²) in [7, 11) is 0. The molecule has 0 aromatic rings. The van der Waals surface area contributed by atoms with Gasteiger partial charge in [0.1, 0.15) is 0 Å². The Kier molecular flexibility index (Phi) is 9.25. The van der Waals surface area contributed by atoms with Crippen molar-refractivity contribution in [3.8, 4) is 0 Å². The highest BCUT2D eigenvalue weighted by atomic mass is 16.5. The third kappa shape index (κ3) is 7.91. The minimum Gasteiger partial charge on any atom is -0.380 e. The summed E-state index contributed by atoms with van der Waals surface area (Å²) in [5.41, 5.74) is 2.96. The van der Waals surface area contributed by atoms with Crippen molar-refractivity contribution in [1.29, 1.82) is 0 Å². The molecule has 0 aromatic carbocycles. The molecule has 0 spiro atoms. The van der Waals surface area contributed by atoms with Gasteiger partial charge >= 0.3 is 0 Å². The maximum atomic E-state index is 5.16. The van der Waals surface area contributed by atoms with E-state index in [0.29, 0.717) is 32.5 Å². The third-order valence-corrected chi connectivity index (χ3v) is 7.71. The highest BCUT2D eigenvalue weighted by molar-refractivity contribution is 4.97. The van der Waals surface area contributed by atoms with Crippen LogP contribution in [0.15, 0.2) is 0 Å². The molecule has 0 bridgehead atoms. The van der Waals surface area contributed by atoms with Gasteiger partial charge < -0.3 is 4.74 Å². The molecular weight excluding hydrogens is 316 g/mol. The van der Waals surface area contributed by atoms with Crippen LogP contribution in [0.5, 0.6) is 0 Å². The summed E-state index contributed by atoms with van der Waals surface area (Å²) >= 11 is 0. The number of rotatable bonds is 0. The molecule has 0 aromatic heterocycles. The normalized spacial score (nSPS) is 21.0. The van der Waals surface area contributed by atoms with E-state index in [4.69, 9.17) is 4.74 Å². The Hall–Kier alpha value is -0.0400. The molecule has 1 heteroatoms. The smallest absolute Gasteiger partial charge is 0.0547 e. The fraction of sp³-hybridized carbons (Fsp3) is 1.00. The van der Waals surface area contributed by atoms with Crippen LogP contribution >= 0.6 is 0 Å². The van der Waals surface area contributed by atoms with Crippen LogP contribution in [0.4, 0.5) is 0 Å². The van der Waals surface area contributed by atoms with Gasteiger partial charge in [0.15, 0.2) is 0 Å². The van der Waals surface area contributed by atoms with Crippen molar-refractivity contribution < 1.29 is 4.74 Å². The lowest BCUT2D eigenvalue weighted by Crippen LogP contribution is -2.49. The van der Waals surface area contributed by atoms with Crippen molar-refractivity contribution in [2.45, 2.75) is 117 Å². The molecule has 26 heavy (non-hydrogen) atoms. The van der Waals surface area contributed by atoms with Gasteiger partial charge in [-0.25, -0.2) is 0 Å². The fourth-order valence-corrected chi connectivity index (χ4v) is 1.78. The third-order valence-electron chi connectivity index (χ3n) is 7.71. The first-order chi connectivity index (χ1) is 10.7. The molecule has 160 valence electrons. The van der Waals surface area contributed by atoms with Crippen LogP contribution in [0.3, 0.4) is 0 Å². The molecule has 0 unspecified atom stereocenters. The summed E-state index contributed by atoms with van der Waals surface area (Å²) in [5, 5.41) is 0. The molecule has 2 aliphatic rings. The van der Waals surface area contributed by atoms with E-state index in [-0.39, 0.29) is 7.43 Å². The van der Waals surface area contributed by atoms with Gasteiger partial charge in [0.2, 0.25) is 0 Å². The summed E-state index contributed by atoms with van der Waals surface area (Å²) in [5.74, 6) is 0. The van der Waals surface area contributed by atoms with Crippen LogP contribution in [0.1, 0.15) is 117 Å². The van der Waals surface area contributed by atoms with Gasteiger partial charge in [-0.3, -0.25) is 0 Å². The lowest BCUT2D eigenvalue weighted by atomic mass is 9.67. The van der Waals surface area contributed by atoms with Crippen LogP contribution in [0.2, 0.25) is 0 Å². The Morgan fingerprint density at radius 3 is 0.808 bits per heavy atom. The van der Waals surface area contributed by atoms with Crippen molar-refractivity contribution in [3.05, 3.63) is 0 Å². The van der Waals surface area contributed by atoms with E-state index in [1.165, 1.54) is 12.8 Å². The minimum atomic E-state index is 0. The summed E-state index contributed by atoms with van der Waals surface area (Å²) in [6, 6.07) is 0. The second kappa shape index (κ2) is 8.54. The van der Waals surface area contributed by atoms with E-state index < -0.39 is 0 Å². The van der Waals surface area contributed by atoms with Crippen molar-refractivity contribution in [3.63, 3.8) is 0 Å². The zero-order valence-corrected chi connectivity index (χ0v) is 20.2. The van der Waals surface area contributed by atoms with Crippen LogP contribution in [0.25, 0.3) is 0 Å². The van der Waals surface area contributed by atoms with Crippen LogP contribution < -0.4 is 0 Å². The number of hydrogen-bond acceptors (Lipinski definition) is 1. The van der Waals surface area contributed by atoms with Crippen molar-refractivity contribution in [2.75, 3.05) is 13.2 Å². The van der Waals surface area contributed by atoms with Crippen LogP contribution in [-0.4, -0.2) is 13.2 Å². The predicted molar refractivity (Wildman–Crippen MR) is 121 cm³/mol. The molecule has 0 N–H and O–H groups in total. The van der Waals surface area contributed by atoms with Crippen LogP contribution in [-0.2, 0) is 4.74 Å². The van der Waals surface area contributed by atoms with Crippen molar-refractivity contribution >= 4 is 0 Å². The maximum absolute atomic E-state index is 5.16. The first kappa shape index (κ1) is 28.2. The molecule has 1 nitrogen and oxygen atoms in total. The minimum absolute atomic E-state index is 0. The molecular formula is C25H54O. The fourth-order valence-electron chi connectivity index (χ4n) is 1.78. The maximum Gasteiger partial charge on any atom is 0.0547 e. The SMILES string of the molecule is C.CC(C)(C)C(C)(C)C.CC(C)(C)C1(C)CC1.CC(C)(C)C1(C)COC1. The standard InChI is InChI=1S/C8H16O.C8H16.C8H18.CH4/c1-7(2,3)8(4)5-9-6-8;1-7(2,3)8(4)5-6-8;1-7(2,3)8(4,5)6;/h5-6H2,1-4H3;5-6H2,1-4H3;1-6H3;1H4.